The molecule has 1 N–H and O–H groups in total. The quantitative estimate of drug-likeness (QED) is 0.810. The molecule has 2 heterocycles. The molecular formula is C11H10F4N2O2S. The zero-order chi connectivity index (χ0) is 14.9. The summed E-state index contributed by atoms with van der Waals surface area (Å²) in [6.45, 7) is 0. The van der Waals surface area contributed by atoms with Crippen LogP contribution in [0.25, 0.3) is 0 Å². The molecular weight excluding hydrogens is 300 g/mol. The van der Waals surface area contributed by atoms with E-state index in [9.17, 15) is 22.4 Å². The second-order valence-corrected chi connectivity index (χ2v) is 5.13. The van der Waals surface area contributed by atoms with Crippen LogP contribution in [0.3, 0.4) is 0 Å². The predicted octanol–water partition coefficient (Wildman–Crippen LogP) is 3.13. The Morgan fingerprint density at radius 1 is 1.55 bits per heavy atom. The van der Waals surface area contributed by atoms with Crippen LogP contribution in [0.5, 0.6) is 0 Å². The summed E-state index contributed by atoms with van der Waals surface area (Å²) < 4.78 is 56.1. The molecule has 1 aliphatic rings. The highest BCUT2D eigenvalue weighted by atomic mass is 32.2. The van der Waals surface area contributed by atoms with E-state index in [1.165, 1.54) is 7.11 Å². The monoisotopic (exact) mass is 310 g/mol. The van der Waals surface area contributed by atoms with Crippen LogP contribution in [-0.2, 0) is 10.9 Å². The average Bonchev–Trinajstić information content (AvgIpc) is 2.38. The standard InChI is InChI=1S/C11H10F4N2O2S/c1-19-10(18)17-6-2-3-20-8-5(6)4-16-9(7(8)12)11(13,14)15/h4,6H,2-3H2,1H3,(H,17,18). The van der Waals surface area contributed by atoms with Crippen molar-refractivity contribution in [3.05, 3.63) is 23.3 Å². The number of aromatic nitrogens is 1. The van der Waals surface area contributed by atoms with Gasteiger partial charge in [0.2, 0.25) is 0 Å². The fourth-order valence-corrected chi connectivity index (χ4v) is 3.00. The van der Waals surface area contributed by atoms with Crippen molar-refractivity contribution in [1.82, 2.24) is 10.3 Å². The average molecular weight is 310 g/mol. The number of nitrogens with one attached hydrogen (secondary N) is 1. The number of fused-ring (bicyclic) bond motifs is 1. The summed E-state index contributed by atoms with van der Waals surface area (Å²) in [4.78, 5) is 14.2. The van der Waals surface area contributed by atoms with Crippen LogP contribution >= 0.6 is 11.8 Å². The van der Waals surface area contributed by atoms with Crippen LogP contribution in [0.4, 0.5) is 22.4 Å². The maximum atomic E-state index is 13.9. The fraction of sp³-hybridized carbons (Fsp3) is 0.455. The molecule has 20 heavy (non-hydrogen) atoms. The SMILES string of the molecule is COC(=O)NC1CCSc2c1cnc(C(F)(F)F)c2F. The number of carbonyl (C=O) groups is 1. The van der Waals surface area contributed by atoms with Crippen molar-refractivity contribution < 1.29 is 27.1 Å². The molecule has 1 aromatic rings. The van der Waals surface area contributed by atoms with Gasteiger partial charge in [-0.25, -0.2) is 14.2 Å². The highest BCUT2D eigenvalue weighted by Crippen LogP contribution is 2.41. The predicted molar refractivity (Wildman–Crippen MR) is 62.8 cm³/mol. The third kappa shape index (κ3) is 2.82. The van der Waals surface area contributed by atoms with Gasteiger partial charge in [0.25, 0.3) is 0 Å². The number of hydrogen-bond acceptors (Lipinski definition) is 4. The number of alkyl carbamates (subject to hydrolysis) is 1. The summed E-state index contributed by atoms with van der Waals surface area (Å²) in [6, 6.07) is -0.608. The van der Waals surface area contributed by atoms with Gasteiger partial charge in [0.1, 0.15) is 0 Å². The third-order valence-electron chi connectivity index (χ3n) is 2.78. The van der Waals surface area contributed by atoms with Gasteiger partial charge in [-0.1, -0.05) is 0 Å². The summed E-state index contributed by atoms with van der Waals surface area (Å²) >= 11 is 0.977. The van der Waals surface area contributed by atoms with Gasteiger partial charge in [-0.2, -0.15) is 13.2 Å². The number of carbonyl (C=O) groups excluding carboxylic acids is 1. The summed E-state index contributed by atoms with van der Waals surface area (Å²) in [7, 11) is 1.17. The Labute approximate surface area is 115 Å². The summed E-state index contributed by atoms with van der Waals surface area (Å²) in [5.41, 5.74) is -1.31. The van der Waals surface area contributed by atoms with Crippen LogP contribution < -0.4 is 5.32 Å². The normalized spacial score (nSPS) is 18.4. The van der Waals surface area contributed by atoms with Gasteiger partial charge >= 0.3 is 12.3 Å². The van der Waals surface area contributed by atoms with E-state index < -0.39 is 29.8 Å². The zero-order valence-corrected chi connectivity index (χ0v) is 11.1. The molecule has 1 aromatic heterocycles. The van der Waals surface area contributed by atoms with Crippen LogP contribution in [0.2, 0.25) is 0 Å². The van der Waals surface area contributed by atoms with Crippen molar-refractivity contribution >= 4 is 17.9 Å². The minimum atomic E-state index is -4.84. The maximum absolute atomic E-state index is 13.9. The van der Waals surface area contributed by atoms with Crippen molar-refractivity contribution in [3.63, 3.8) is 0 Å². The molecule has 1 amide bonds. The van der Waals surface area contributed by atoms with E-state index >= 15 is 0 Å². The zero-order valence-electron chi connectivity index (χ0n) is 10.3. The van der Waals surface area contributed by atoms with Crippen molar-refractivity contribution in [1.29, 1.82) is 0 Å². The Hall–Kier alpha value is -1.51. The van der Waals surface area contributed by atoms with E-state index in [2.05, 4.69) is 15.0 Å². The third-order valence-corrected chi connectivity index (χ3v) is 3.92. The number of amides is 1. The molecule has 110 valence electrons. The second kappa shape index (κ2) is 5.47. The van der Waals surface area contributed by atoms with E-state index in [-0.39, 0.29) is 10.5 Å². The largest absolute Gasteiger partial charge is 0.453 e. The first-order valence-corrected chi connectivity index (χ1v) is 6.56. The van der Waals surface area contributed by atoms with Gasteiger partial charge in [-0.05, 0) is 6.42 Å². The van der Waals surface area contributed by atoms with E-state index in [4.69, 9.17) is 0 Å². The highest BCUT2D eigenvalue weighted by molar-refractivity contribution is 7.99. The molecule has 9 heteroatoms. The molecule has 0 saturated carbocycles. The number of thioether (sulfide) groups is 1. The lowest BCUT2D eigenvalue weighted by Gasteiger charge is -2.26. The van der Waals surface area contributed by atoms with Gasteiger partial charge in [-0.3, -0.25) is 0 Å². The first-order valence-electron chi connectivity index (χ1n) is 5.57. The number of rotatable bonds is 1. The number of methoxy groups -OCH3 is 1. The number of nitrogens with zero attached hydrogens (tertiary/aromatic N) is 1. The van der Waals surface area contributed by atoms with Gasteiger partial charge in [-0.15, -0.1) is 11.8 Å². The molecule has 1 unspecified atom stereocenters. The lowest BCUT2D eigenvalue weighted by molar-refractivity contribution is -0.144. The Morgan fingerprint density at radius 2 is 2.25 bits per heavy atom. The van der Waals surface area contributed by atoms with E-state index in [0.29, 0.717) is 12.2 Å². The lowest BCUT2D eigenvalue weighted by Crippen LogP contribution is -2.31. The first-order chi connectivity index (χ1) is 9.34. The summed E-state index contributed by atoms with van der Waals surface area (Å²) in [5.74, 6) is -1.00. The van der Waals surface area contributed by atoms with Crippen LogP contribution in [0, 0.1) is 5.82 Å². The Balaban J connectivity index is 2.40. The first kappa shape index (κ1) is 14.9. The molecule has 0 bridgehead atoms. The number of pyridine rings is 1. The molecule has 2 rings (SSSR count). The van der Waals surface area contributed by atoms with E-state index in [0.717, 1.165) is 18.0 Å². The summed E-state index contributed by atoms with van der Waals surface area (Å²) in [5, 5.41) is 2.45. The van der Waals surface area contributed by atoms with Crippen LogP contribution in [0.1, 0.15) is 23.7 Å². The Morgan fingerprint density at radius 3 is 2.85 bits per heavy atom. The minimum absolute atomic E-state index is 0.125. The van der Waals surface area contributed by atoms with Gasteiger partial charge in [0.15, 0.2) is 11.5 Å². The van der Waals surface area contributed by atoms with Gasteiger partial charge in [0.05, 0.1) is 18.0 Å². The Kier molecular flexibility index (Phi) is 4.07. The highest BCUT2D eigenvalue weighted by Gasteiger charge is 2.39. The Bertz CT molecular complexity index is 536. The number of alkyl halides is 3. The molecule has 0 aliphatic carbocycles. The van der Waals surface area contributed by atoms with E-state index in [1.807, 2.05) is 0 Å². The molecule has 0 fully saturated rings. The summed E-state index contributed by atoms with van der Waals surface area (Å²) in [6.07, 6.45) is -4.16. The topological polar surface area (TPSA) is 51.2 Å². The van der Waals surface area contributed by atoms with Crippen LogP contribution in [-0.4, -0.2) is 23.9 Å². The van der Waals surface area contributed by atoms with Crippen molar-refractivity contribution in [2.75, 3.05) is 12.9 Å². The van der Waals surface area contributed by atoms with Crippen molar-refractivity contribution in [2.45, 2.75) is 23.5 Å². The fourth-order valence-electron chi connectivity index (χ4n) is 1.86. The molecule has 0 aromatic carbocycles. The second-order valence-electron chi connectivity index (χ2n) is 4.03. The molecule has 0 saturated heterocycles. The van der Waals surface area contributed by atoms with Gasteiger partial charge in [0, 0.05) is 17.5 Å². The number of ether oxygens (including phenoxy) is 1. The van der Waals surface area contributed by atoms with Crippen molar-refractivity contribution in [3.8, 4) is 0 Å². The number of hydrogen-bond donors (Lipinski definition) is 1. The maximum Gasteiger partial charge on any atom is 0.436 e. The number of halogens is 4. The molecule has 1 atom stereocenters. The minimum Gasteiger partial charge on any atom is -0.453 e. The van der Waals surface area contributed by atoms with Crippen LogP contribution in [0.15, 0.2) is 11.1 Å². The van der Waals surface area contributed by atoms with Gasteiger partial charge < -0.3 is 10.1 Å². The molecule has 4 nitrogen and oxygen atoms in total. The molecule has 1 aliphatic heterocycles. The molecule has 0 radical (unpaired) electrons. The lowest BCUT2D eigenvalue weighted by atomic mass is 10.1. The smallest absolute Gasteiger partial charge is 0.436 e. The van der Waals surface area contributed by atoms with E-state index in [1.54, 1.807) is 0 Å². The van der Waals surface area contributed by atoms with Crippen molar-refractivity contribution in [2.24, 2.45) is 0 Å². The molecule has 0 spiro atoms.